The molecule has 132 valence electrons. The first-order valence-corrected chi connectivity index (χ1v) is 9.74. The van der Waals surface area contributed by atoms with Crippen LogP contribution in [-0.4, -0.2) is 29.2 Å². The van der Waals surface area contributed by atoms with E-state index in [0.29, 0.717) is 18.7 Å². The van der Waals surface area contributed by atoms with Crippen LogP contribution >= 0.6 is 0 Å². The molecule has 4 rings (SSSR count). The molecule has 2 heterocycles. The molecule has 0 bridgehead atoms. The minimum absolute atomic E-state index is 0.161. The molecule has 0 saturated carbocycles. The Morgan fingerprint density at radius 3 is 2.58 bits per heavy atom. The highest BCUT2D eigenvalue weighted by Crippen LogP contribution is 2.27. The van der Waals surface area contributed by atoms with E-state index in [2.05, 4.69) is 9.97 Å². The Hall–Kier alpha value is -2.77. The van der Waals surface area contributed by atoms with Gasteiger partial charge in [0.2, 0.25) is 16.0 Å². The SMILES string of the molecule is Nc1ncc2c(n1)CN(S(=O)(=O)c1cccc(-c3ccccc3)c1)CC2. The van der Waals surface area contributed by atoms with Gasteiger partial charge in [-0.25, -0.2) is 18.4 Å². The fraction of sp³-hybridized carbons (Fsp3) is 0.158. The quantitative estimate of drug-likeness (QED) is 0.769. The van der Waals surface area contributed by atoms with E-state index < -0.39 is 10.0 Å². The minimum Gasteiger partial charge on any atom is -0.368 e. The highest BCUT2D eigenvalue weighted by atomic mass is 32.2. The number of hydrogen-bond donors (Lipinski definition) is 1. The zero-order valence-electron chi connectivity index (χ0n) is 14.0. The molecule has 0 saturated heterocycles. The number of nitrogens with two attached hydrogens (primary N) is 1. The van der Waals surface area contributed by atoms with Gasteiger partial charge in [0.1, 0.15) is 0 Å². The molecule has 1 aliphatic heterocycles. The lowest BCUT2D eigenvalue weighted by atomic mass is 10.1. The molecule has 6 nitrogen and oxygen atoms in total. The minimum atomic E-state index is -3.62. The lowest BCUT2D eigenvalue weighted by molar-refractivity contribution is 0.385. The number of sulfonamides is 1. The van der Waals surface area contributed by atoms with Crippen LogP contribution in [0.1, 0.15) is 11.3 Å². The van der Waals surface area contributed by atoms with Crippen molar-refractivity contribution in [1.29, 1.82) is 0 Å². The number of hydrogen-bond acceptors (Lipinski definition) is 5. The highest BCUT2D eigenvalue weighted by molar-refractivity contribution is 7.89. The van der Waals surface area contributed by atoms with Gasteiger partial charge in [0.25, 0.3) is 0 Å². The summed E-state index contributed by atoms with van der Waals surface area (Å²) in [5, 5.41) is 0. The van der Waals surface area contributed by atoms with E-state index >= 15 is 0 Å². The van der Waals surface area contributed by atoms with Gasteiger partial charge in [-0.3, -0.25) is 0 Å². The third-order valence-corrected chi connectivity index (χ3v) is 6.35. The Morgan fingerprint density at radius 1 is 1.00 bits per heavy atom. The second kappa shape index (κ2) is 6.51. The third kappa shape index (κ3) is 3.07. The first-order chi connectivity index (χ1) is 12.5. The summed E-state index contributed by atoms with van der Waals surface area (Å²) in [5.74, 6) is 0.161. The van der Waals surface area contributed by atoms with E-state index in [4.69, 9.17) is 5.73 Å². The number of nitrogens with zero attached hydrogens (tertiary/aromatic N) is 3. The summed E-state index contributed by atoms with van der Waals surface area (Å²) in [6.45, 7) is 0.609. The molecule has 0 spiro atoms. The molecule has 2 N–H and O–H groups in total. The van der Waals surface area contributed by atoms with Crippen molar-refractivity contribution in [1.82, 2.24) is 14.3 Å². The topological polar surface area (TPSA) is 89.2 Å². The number of fused-ring (bicyclic) bond motifs is 1. The lowest BCUT2D eigenvalue weighted by Gasteiger charge is -2.27. The Morgan fingerprint density at radius 2 is 1.77 bits per heavy atom. The van der Waals surface area contributed by atoms with Gasteiger partial charge in [0, 0.05) is 12.7 Å². The lowest BCUT2D eigenvalue weighted by Crippen LogP contribution is -2.36. The average molecular weight is 366 g/mol. The molecular formula is C19H18N4O2S. The predicted molar refractivity (Wildman–Crippen MR) is 99.6 cm³/mol. The van der Waals surface area contributed by atoms with Crippen LogP contribution in [0.4, 0.5) is 5.95 Å². The van der Waals surface area contributed by atoms with Crippen LogP contribution in [0.5, 0.6) is 0 Å². The van der Waals surface area contributed by atoms with Crippen LogP contribution in [0.3, 0.4) is 0 Å². The van der Waals surface area contributed by atoms with E-state index in [1.165, 1.54) is 4.31 Å². The standard InChI is InChI=1S/C19H18N4O2S/c20-19-21-12-16-9-10-23(13-18(16)22-19)26(24,25)17-8-4-7-15(11-17)14-5-2-1-3-6-14/h1-8,11-12H,9-10,13H2,(H2,20,21,22). The maximum Gasteiger partial charge on any atom is 0.243 e. The number of benzene rings is 2. The third-order valence-electron chi connectivity index (χ3n) is 4.51. The summed E-state index contributed by atoms with van der Waals surface area (Å²) >= 11 is 0. The van der Waals surface area contributed by atoms with Gasteiger partial charge >= 0.3 is 0 Å². The van der Waals surface area contributed by atoms with Crippen molar-refractivity contribution >= 4 is 16.0 Å². The second-order valence-corrected chi connectivity index (χ2v) is 8.12. The van der Waals surface area contributed by atoms with Crippen LogP contribution in [0, 0.1) is 0 Å². The maximum atomic E-state index is 13.1. The molecule has 7 heteroatoms. The van der Waals surface area contributed by atoms with E-state index in [1.807, 2.05) is 36.4 Å². The van der Waals surface area contributed by atoms with E-state index in [9.17, 15) is 8.42 Å². The predicted octanol–water partition coefficient (Wildman–Crippen LogP) is 2.47. The molecule has 1 aliphatic rings. The first-order valence-electron chi connectivity index (χ1n) is 8.30. The van der Waals surface area contributed by atoms with Crippen molar-refractivity contribution in [3.8, 4) is 11.1 Å². The number of nitrogen functional groups attached to an aromatic ring is 1. The Labute approximate surface area is 152 Å². The molecule has 26 heavy (non-hydrogen) atoms. The molecule has 0 aliphatic carbocycles. The summed E-state index contributed by atoms with van der Waals surface area (Å²) < 4.78 is 27.7. The van der Waals surface area contributed by atoms with Crippen LogP contribution in [0.2, 0.25) is 0 Å². The van der Waals surface area contributed by atoms with Crippen LogP contribution < -0.4 is 5.73 Å². The van der Waals surface area contributed by atoms with Crippen molar-refractivity contribution < 1.29 is 8.42 Å². The second-order valence-electron chi connectivity index (χ2n) is 6.18. The van der Waals surface area contributed by atoms with Crippen molar-refractivity contribution in [2.75, 3.05) is 12.3 Å². The van der Waals surface area contributed by atoms with Gasteiger partial charge in [-0.15, -0.1) is 0 Å². The normalized spacial score (nSPS) is 14.8. The molecule has 0 unspecified atom stereocenters. The summed E-state index contributed by atoms with van der Waals surface area (Å²) in [4.78, 5) is 8.46. The van der Waals surface area contributed by atoms with E-state index in [1.54, 1.807) is 24.4 Å². The van der Waals surface area contributed by atoms with Crippen molar-refractivity contribution in [2.45, 2.75) is 17.9 Å². The number of aromatic nitrogens is 2. The van der Waals surface area contributed by atoms with E-state index in [0.717, 1.165) is 16.7 Å². The van der Waals surface area contributed by atoms with Gasteiger partial charge in [-0.05, 0) is 35.2 Å². The Balaban J connectivity index is 1.67. The van der Waals surface area contributed by atoms with Gasteiger partial charge in [0.05, 0.1) is 17.1 Å². The molecule has 3 aromatic rings. The van der Waals surface area contributed by atoms with Gasteiger partial charge in [-0.1, -0.05) is 42.5 Å². The fourth-order valence-corrected chi connectivity index (χ4v) is 4.56. The number of rotatable bonds is 3. The molecule has 0 amide bonds. The zero-order valence-corrected chi connectivity index (χ0v) is 14.9. The smallest absolute Gasteiger partial charge is 0.243 e. The number of anilines is 1. The summed E-state index contributed by atoms with van der Waals surface area (Å²) in [7, 11) is -3.62. The molecule has 2 aromatic carbocycles. The summed E-state index contributed by atoms with van der Waals surface area (Å²) in [6, 6.07) is 16.7. The molecular weight excluding hydrogens is 348 g/mol. The van der Waals surface area contributed by atoms with Crippen LogP contribution in [0.15, 0.2) is 65.7 Å². The largest absolute Gasteiger partial charge is 0.368 e. The first kappa shape index (κ1) is 16.7. The van der Waals surface area contributed by atoms with Crippen LogP contribution in [0.25, 0.3) is 11.1 Å². The highest BCUT2D eigenvalue weighted by Gasteiger charge is 2.29. The molecule has 0 fully saturated rings. The van der Waals surface area contributed by atoms with Gasteiger partial charge in [0.15, 0.2) is 0 Å². The van der Waals surface area contributed by atoms with Crippen LogP contribution in [-0.2, 0) is 23.0 Å². The Kier molecular flexibility index (Phi) is 4.18. The van der Waals surface area contributed by atoms with Crippen molar-refractivity contribution in [3.63, 3.8) is 0 Å². The molecule has 0 atom stereocenters. The van der Waals surface area contributed by atoms with Crippen molar-refractivity contribution in [3.05, 3.63) is 72.1 Å². The van der Waals surface area contributed by atoms with Gasteiger partial charge in [-0.2, -0.15) is 4.31 Å². The maximum absolute atomic E-state index is 13.1. The van der Waals surface area contributed by atoms with Crippen molar-refractivity contribution in [2.24, 2.45) is 0 Å². The van der Waals surface area contributed by atoms with E-state index in [-0.39, 0.29) is 17.4 Å². The van der Waals surface area contributed by atoms with Gasteiger partial charge < -0.3 is 5.73 Å². The zero-order chi connectivity index (χ0) is 18.1. The summed E-state index contributed by atoms with van der Waals surface area (Å²) in [6.07, 6.45) is 2.25. The average Bonchev–Trinajstić information content (AvgIpc) is 2.68. The molecule has 1 aromatic heterocycles. The monoisotopic (exact) mass is 366 g/mol. The summed E-state index contributed by atoms with van der Waals surface area (Å²) in [5.41, 5.74) is 9.11. The molecule has 0 radical (unpaired) electrons. The Bertz CT molecular complexity index is 1050. The fourth-order valence-electron chi connectivity index (χ4n) is 3.12.